The van der Waals surface area contributed by atoms with Crippen molar-refractivity contribution < 1.29 is 23.8 Å². The van der Waals surface area contributed by atoms with Crippen LogP contribution in [0.4, 0.5) is 10.5 Å². The molecule has 0 aliphatic carbocycles. The molecule has 0 atom stereocenters. The highest BCUT2D eigenvalue weighted by Crippen LogP contribution is 2.34. The van der Waals surface area contributed by atoms with Crippen molar-refractivity contribution in [3.63, 3.8) is 0 Å². The van der Waals surface area contributed by atoms with E-state index in [4.69, 9.17) is 25.8 Å². The van der Waals surface area contributed by atoms with E-state index in [1.807, 2.05) is 5.38 Å². The second kappa shape index (κ2) is 10.3. The molecule has 2 aromatic carbocycles. The largest absolute Gasteiger partial charge is 0.513 e. The van der Waals surface area contributed by atoms with Crippen molar-refractivity contribution in [1.82, 2.24) is 4.98 Å². The predicted octanol–water partition coefficient (Wildman–Crippen LogP) is 6.32. The van der Waals surface area contributed by atoms with Crippen LogP contribution < -0.4 is 14.8 Å². The zero-order valence-corrected chi connectivity index (χ0v) is 19.1. The quantitative estimate of drug-likeness (QED) is 0.310. The molecule has 4 rings (SSSR count). The smallest absolute Gasteiger partial charge is 0.489 e. The Morgan fingerprint density at radius 2 is 1.97 bits per heavy atom. The van der Waals surface area contributed by atoms with Crippen molar-refractivity contribution in [2.45, 2.75) is 13.5 Å². The normalized spacial score (nSPS) is 10.6. The van der Waals surface area contributed by atoms with Gasteiger partial charge in [-0.2, -0.15) is 0 Å². The SMILES string of the molecule is CCOC(=O)Oc1cncc2c(COc3cccc(NC(=O)c4ccccc4Cl)c3)csc12. The number of benzene rings is 2. The van der Waals surface area contributed by atoms with Crippen LogP contribution in [0, 0.1) is 0 Å². The first kappa shape index (κ1) is 22.6. The maximum atomic E-state index is 12.5. The molecule has 0 saturated carbocycles. The average Bonchev–Trinajstić information content (AvgIpc) is 3.22. The summed E-state index contributed by atoms with van der Waals surface area (Å²) < 4.78 is 16.8. The fourth-order valence-corrected chi connectivity index (χ4v) is 4.26. The van der Waals surface area contributed by atoms with Gasteiger partial charge in [0.05, 0.1) is 28.1 Å². The van der Waals surface area contributed by atoms with E-state index < -0.39 is 6.16 Å². The molecule has 1 N–H and O–H groups in total. The lowest BCUT2D eigenvalue weighted by Gasteiger charge is -2.10. The van der Waals surface area contributed by atoms with Gasteiger partial charge in [-0.1, -0.05) is 29.8 Å². The lowest BCUT2D eigenvalue weighted by Crippen LogP contribution is -2.12. The molecule has 0 aliphatic heterocycles. The molecule has 4 aromatic rings. The first-order valence-corrected chi connectivity index (χ1v) is 11.3. The van der Waals surface area contributed by atoms with E-state index in [2.05, 4.69) is 10.3 Å². The Hall–Kier alpha value is -3.62. The fraction of sp³-hybridized carbons (Fsp3) is 0.125. The van der Waals surface area contributed by atoms with E-state index >= 15 is 0 Å². The van der Waals surface area contributed by atoms with Crippen LogP contribution in [-0.4, -0.2) is 23.7 Å². The molecule has 9 heteroatoms. The van der Waals surface area contributed by atoms with Crippen molar-refractivity contribution >= 4 is 50.8 Å². The molecular formula is C24H19ClN2O5S. The number of amides is 1. The first-order valence-electron chi connectivity index (χ1n) is 10.0. The van der Waals surface area contributed by atoms with Crippen LogP contribution in [0.15, 0.2) is 66.3 Å². The van der Waals surface area contributed by atoms with Crippen molar-refractivity contribution in [1.29, 1.82) is 0 Å². The van der Waals surface area contributed by atoms with Crippen molar-refractivity contribution in [3.8, 4) is 11.5 Å². The summed E-state index contributed by atoms with van der Waals surface area (Å²) in [7, 11) is 0. The minimum atomic E-state index is -0.770. The Bertz CT molecular complexity index is 1310. The zero-order valence-electron chi connectivity index (χ0n) is 17.5. The molecule has 0 saturated heterocycles. The first-order chi connectivity index (χ1) is 16.0. The molecular weight excluding hydrogens is 464 g/mol. The maximum Gasteiger partial charge on any atom is 0.513 e. The highest BCUT2D eigenvalue weighted by atomic mass is 35.5. The Balaban J connectivity index is 1.45. The van der Waals surface area contributed by atoms with E-state index in [0.717, 1.165) is 15.6 Å². The van der Waals surface area contributed by atoms with Crippen LogP contribution >= 0.6 is 22.9 Å². The lowest BCUT2D eigenvalue weighted by molar-refractivity contribution is 0.102. The molecule has 33 heavy (non-hydrogen) atoms. The third kappa shape index (κ3) is 5.42. The highest BCUT2D eigenvalue weighted by Gasteiger charge is 2.14. The maximum absolute atomic E-state index is 12.5. The van der Waals surface area contributed by atoms with Gasteiger partial charge < -0.3 is 19.5 Å². The zero-order chi connectivity index (χ0) is 23.2. The van der Waals surface area contributed by atoms with Gasteiger partial charge in [-0.3, -0.25) is 9.78 Å². The Morgan fingerprint density at radius 3 is 2.79 bits per heavy atom. The van der Waals surface area contributed by atoms with Crippen LogP contribution in [-0.2, 0) is 11.3 Å². The molecule has 7 nitrogen and oxygen atoms in total. The number of aromatic nitrogens is 1. The van der Waals surface area contributed by atoms with E-state index in [0.29, 0.717) is 27.8 Å². The Morgan fingerprint density at radius 1 is 1.12 bits per heavy atom. The number of pyridine rings is 1. The molecule has 1 amide bonds. The topological polar surface area (TPSA) is 86.8 Å². The van der Waals surface area contributed by atoms with Crippen LogP contribution in [0.25, 0.3) is 10.1 Å². The number of hydrogen-bond acceptors (Lipinski definition) is 7. The van der Waals surface area contributed by atoms with Gasteiger partial charge >= 0.3 is 6.16 Å². The van der Waals surface area contributed by atoms with Gasteiger partial charge in [0.1, 0.15) is 12.4 Å². The minimum absolute atomic E-state index is 0.226. The van der Waals surface area contributed by atoms with Crippen molar-refractivity contribution in [2.24, 2.45) is 0 Å². The van der Waals surface area contributed by atoms with Gasteiger partial charge in [0.2, 0.25) is 0 Å². The highest BCUT2D eigenvalue weighted by molar-refractivity contribution is 7.17. The number of carbonyl (C=O) groups is 2. The number of nitrogens with zero attached hydrogens (tertiary/aromatic N) is 1. The molecule has 0 radical (unpaired) electrons. The van der Waals surface area contributed by atoms with Crippen molar-refractivity contribution in [3.05, 3.63) is 82.5 Å². The number of anilines is 1. The minimum Gasteiger partial charge on any atom is -0.489 e. The van der Waals surface area contributed by atoms with Gasteiger partial charge in [-0.05, 0) is 36.6 Å². The lowest BCUT2D eigenvalue weighted by atomic mass is 10.2. The van der Waals surface area contributed by atoms with E-state index in [1.165, 1.54) is 17.5 Å². The third-order valence-electron chi connectivity index (χ3n) is 4.59. The number of nitrogens with one attached hydrogen (secondary N) is 1. The van der Waals surface area contributed by atoms with Gasteiger partial charge in [0, 0.05) is 28.9 Å². The molecule has 0 fully saturated rings. The second-order valence-electron chi connectivity index (χ2n) is 6.81. The van der Waals surface area contributed by atoms with Crippen molar-refractivity contribution in [2.75, 3.05) is 11.9 Å². The number of thiophene rings is 1. The number of carbonyl (C=O) groups excluding carboxylic acids is 2. The van der Waals surface area contributed by atoms with E-state index in [9.17, 15) is 9.59 Å². The second-order valence-corrected chi connectivity index (χ2v) is 8.10. The summed E-state index contributed by atoms with van der Waals surface area (Å²) in [4.78, 5) is 28.3. The number of halogens is 1. The van der Waals surface area contributed by atoms with Gasteiger partial charge in [-0.15, -0.1) is 11.3 Å². The summed E-state index contributed by atoms with van der Waals surface area (Å²) in [5, 5.41) is 5.96. The number of rotatable bonds is 7. The molecule has 2 aromatic heterocycles. The van der Waals surface area contributed by atoms with Gasteiger partial charge in [0.15, 0.2) is 5.75 Å². The summed E-state index contributed by atoms with van der Waals surface area (Å²) in [6, 6.07) is 13.9. The molecule has 0 spiro atoms. The molecule has 0 unspecified atom stereocenters. The molecule has 168 valence electrons. The summed E-state index contributed by atoms with van der Waals surface area (Å²) in [5.41, 5.74) is 1.87. The van der Waals surface area contributed by atoms with Crippen LogP contribution in [0.1, 0.15) is 22.8 Å². The van der Waals surface area contributed by atoms with Crippen LogP contribution in [0.5, 0.6) is 11.5 Å². The van der Waals surface area contributed by atoms with E-state index in [1.54, 1.807) is 61.7 Å². The summed E-state index contributed by atoms with van der Waals surface area (Å²) in [6.45, 7) is 2.20. The van der Waals surface area contributed by atoms with Gasteiger partial charge in [0.25, 0.3) is 5.91 Å². The number of hydrogen-bond donors (Lipinski definition) is 1. The Kier molecular flexibility index (Phi) is 7.07. The van der Waals surface area contributed by atoms with Crippen LogP contribution in [0.2, 0.25) is 5.02 Å². The predicted molar refractivity (Wildman–Crippen MR) is 127 cm³/mol. The number of fused-ring (bicyclic) bond motifs is 1. The number of ether oxygens (including phenoxy) is 3. The summed E-state index contributed by atoms with van der Waals surface area (Å²) in [5.74, 6) is 0.617. The van der Waals surface area contributed by atoms with Gasteiger partial charge in [-0.25, -0.2) is 4.79 Å². The monoisotopic (exact) mass is 482 g/mol. The molecule has 0 aliphatic rings. The van der Waals surface area contributed by atoms with E-state index in [-0.39, 0.29) is 19.1 Å². The Labute approximate surface area is 198 Å². The average molecular weight is 483 g/mol. The fourth-order valence-electron chi connectivity index (χ4n) is 3.06. The summed E-state index contributed by atoms with van der Waals surface area (Å²) >= 11 is 7.53. The standard InChI is InChI=1S/C24H19ClN2O5S/c1-2-30-24(29)32-21-12-26-11-19-15(14-33-22(19)21)13-31-17-7-5-6-16(10-17)27-23(28)18-8-3-4-9-20(18)25/h3-12,14H,2,13H2,1H3,(H,27,28). The summed E-state index contributed by atoms with van der Waals surface area (Å²) in [6.07, 6.45) is 2.41. The molecule has 2 heterocycles. The molecule has 0 bridgehead atoms. The third-order valence-corrected chi connectivity index (χ3v) is 5.98. The van der Waals surface area contributed by atoms with Crippen LogP contribution in [0.3, 0.4) is 0 Å².